The van der Waals surface area contributed by atoms with Gasteiger partial charge in [0.15, 0.2) is 0 Å². The fraction of sp³-hybridized carbons (Fsp3) is 0.391. The van der Waals surface area contributed by atoms with Crippen molar-refractivity contribution in [1.82, 2.24) is 0 Å². The fourth-order valence-corrected chi connectivity index (χ4v) is 4.55. The molecule has 4 nitrogen and oxygen atoms in total. The van der Waals surface area contributed by atoms with E-state index in [0.29, 0.717) is 6.42 Å². The number of carbonyl (C=O) groups excluding carboxylic acids is 2. The van der Waals surface area contributed by atoms with Crippen LogP contribution in [0.3, 0.4) is 0 Å². The van der Waals surface area contributed by atoms with Gasteiger partial charge in [-0.05, 0) is 49.6 Å². The molecule has 1 aliphatic heterocycles. The minimum atomic E-state index is -4.59. The van der Waals surface area contributed by atoms with Gasteiger partial charge in [0, 0.05) is 22.9 Å². The Labute approximate surface area is 184 Å². The van der Waals surface area contributed by atoms with Crippen molar-refractivity contribution in [2.24, 2.45) is 11.3 Å². The molecule has 2 atom stereocenters. The number of nitrogens with one attached hydrogen (secondary N) is 1. The largest absolute Gasteiger partial charge is 0.416 e. The summed E-state index contributed by atoms with van der Waals surface area (Å²) in [5.74, 6) is -1.32. The standard InChI is InChI=1S/C23H24ClF3N2O2/c1-5-22(21(31)28-18-10-16(23(25,26)27)9-17(24)11-18)12-29(20(30)15(22)4)19-13(2)7-6-8-14(19)3/h6-11,15H,5,12H2,1-4H3,(H,28,31)/t15?,22-/m1/s1. The van der Waals surface area contributed by atoms with E-state index < -0.39 is 29.0 Å². The molecule has 1 N–H and O–H groups in total. The number of amides is 2. The van der Waals surface area contributed by atoms with Crippen LogP contribution in [0.4, 0.5) is 24.5 Å². The summed E-state index contributed by atoms with van der Waals surface area (Å²) < 4.78 is 39.4. The maximum absolute atomic E-state index is 13.3. The average molecular weight is 453 g/mol. The van der Waals surface area contributed by atoms with E-state index in [4.69, 9.17) is 11.6 Å². The summed E-state index contributed by atoms with van der Waals surface area (Å²) >= 11 is 5.84. The monoisotopic (exact) mass is 452 g/mol. The Morgan fingerprint density at radius 3 is 2.39 bits per heavy atom. The molecule has 0 aliphatic carbocycles. The van der Waals surface area contributed by atoms with E-state index in [1.165, 1.54) is 6.07 Å². The molecular weight excluding hydrogens is 429 g/mol. The van der Waals surface area contributed by atoms with E-state index >= 15 is 0 Å². The van der Waals surface area contributed by atoms with Crippen LogP contribution in [0, 0.1) is 25.2 Å². The summed E-state index contributed by atoms with van der Waals surface area (Å²) in [7, 11) is 0. The van der Waals surface area contributed by atoms with E-state index in [1.54, 1.807) is 18.7 Å². The predicted octanol–water partition coefficient (Wildman–Crippen LogP) is 5.99. The van der Waals surface area contributed by atoms with Crippen molar-refractivity contribution < 1.29 is 22.8 Å². The second kappa shape index (κ2) is 8.19. The molecule has 1 unspecified atom stereocenters. The first-order chi connectivity index (χ1) is 14.4. The number of hydrogen-bond acceptors (Lipinski definition) is 2. The molecular formula is C23H24ClF3N2O2. The summed E-state index contributed by atoms with van der Waals surface area (Å²) in [5, 5.41) is 2.44. The molecule has 8 heteroatoms. The highest BCUT2D eigenvalue weighted by molar-refractivity contribution is 6.31. The van der Waals surface area contributed by atoms with Gasteiger partial charge in [0.25, 0.3) is 0 Å². The van der Waals surface area contributed by atoms with Gasteiger partial charge in [-0.25, -0.2) is 0 Å². The zero-order valence-electron chi connectivity index (χ0n) is 17.7. The molecule has 31 heavy (non-hydrogen) atoms. The average Bonchev–Trinajstić information content (AvgIpc) is 2.93. The lowest BCUT2D eigenvalue weighted by molar-refractivity contribution is -0.137. The van der Waals surface area contributed by atoms with Crippen molar-refractivity contribution in [1.29, 1.82) is 0 Å². The van der Waals surface area contributed by atoms with E-state index in [1.807, 2.05) is 32.0 Å². The zero-order chi connectivity index (χ0) is 23.1. The van der Waals surface area contributed by atoms with Gasteiger partial charge in [-0.1, -0.05) is 43.6 Å². The Morgan fingerprint density at radius 2 is 1.84 bits per heavy atom. The van der Waals surface area contributed by atoms with Crippen molar-refractivity contribution >= 4 is 34.8 Å². The summed E-state index contributed by atoms with van der Waals surface area (Å²) in [6.07, 6.45) is -4.25. The number of halogens is 4. The van der Waals surface area contributed by atoms with Crippen LogP contribution in [0.2, 0.25) is 5.02 Å². The summed E-state index contributed by atoms with van der Waals surface area (Å²) in [6, 6.07) is 8.61. The quantitative estimate of drug-likeness (QED) is 0.619. The first-order valence-electron chi connectivity index (χ1n) is 9.97. The van der Waals surface area contributed by atoms with E-state index in [-0.39, 0.29) is 23.2 Å². The number of nitrogens with zero attached hydrogens (tertiary/aromatic N) is 1. The third-order valence-corrected chi connectivity index (χ3v) is 6.40. The minimum absolute atomic E-state index is 0.0529. The van der Waals surface area contributed by atoms with Crippen LogP contribution in [0.1, 0.15) is 37.0 Å². The number of alkyl halides is 3. The van der Waals surface area contributed by atoms with E-state index in [2.05, 4.69) is 5.32 Å². The second-order valence-electron chi connectivity index (χ2n) is 8.08. The molecule has 166 valence electrons. The predicted molar refractivity (Wildman–Crippen MR) is 115 cm³/mol. The van der Waals surface area contributed by atoms with Gasteiger partial charge in [0.05, 0.1) is 16.9 Å². The summed E-state index contributed by atoms with van der Waals surface area (Å²) in [6.45, 7) is 7.44. The molecule has 0 aromatic heterocycles. The Balaban J connectivity index is 1.96. The smallest absolute Gasteiger partial charge is 0.325 e. The molecule has 0 radical (unpaired) electrons. The lowest BCUT2D eigenvalue weighted by Crippen LogP contribution is -2.42. The van der Waals surface area contributed by atoms with E-state index in [0.717, 1.165) is 28.9 Å². The highest BCUT2D eigenvalue weighted by atomic mass is 35.5. The van der Waals surface area contributed by atoms with Gasteiger partial charge < -0.3 is 10.2 Å². The molecule has 1 fully saturated rings. The normalized spacial score (nSPS) is 21.5. The van der Waals surface area contributed by atoms with Crippen molar-refractivity contribution in [3.8, 4) is 0 Å². The van der Waals surface area contributed by atoms with Crippen LogP contribution < -0.4 is 10.2 Å². The SMILES string of the molecule is CC[C@@]1(C(=O)Nc2cc(Cl)cc(C(F)(F)F)c2)CN(c2c(C)cccc2C)C(=O)C1C. The number of aryl methyl sites for hydroxylation is 2. The van der Waals surface area contributed by atoms with Crippen LogP contribution in [-0.2, 0) is 15.8 Å². The Morgan fingerprint density at radius 1 is 1.23 bits per heavy atom. The van der Waals surface area contributed by atoms with Crippen LogP contribution in [0.5, 0.6) is 0 Å². The number of hydrogen-bond donors (Lipinski definition) is 1. The molecule has 1 aliphatic rings. The lowest BCUT2D eigenvalue weighted by Gasteiger charge is -2.30. The molecule has 2 amide bonds. The number of anilines is 2. The Hall–Kier alpha value is -2.54. The summed E-state index contributed by atoms with van der Waals surface area (Å²) in [5.41, 5.74) is 0.503. The number of rotatable bonds is 4. The van der Waals surface area contributed by atoms with Crippen molar-refractivity contribution in [3.05, 3.63) is 58.1 Å². The van der Waals surface area contributed by atoms with Gasteiger partial charge in [-0.15, -0.1) is 0 Å². The third-order valence-electron chi connectivity index (χ3n) is 6.18. The van der Waals surface area contributed by atoms with Crippen LogP contribution >= 0.6 is 11.6 Å². The Bertz CT molecular complexity index is 1020. The molecule has 0 bridgehead atoms. The van der Waals surface area contributed by atoms with Crippen molar-refractivity contribution in [3.63, 3.8) is 0 Å². The van der Waals surface area contributed by atoms with Crippen LogP contribution in [0.15, 0.2) is 36.4 Å². The second-order valence-corrected chi connectivity index (χ2v) is 8.51. The highest BCUT2D eigenvalue weighted by Crippen LogP contribution is 2.44. The van der Waals surface area contributed by atoms with E-state index in [9.17, 15) is 22.8 Å². The van der Waals surface area contributed by atoms with Gasteiger partial charge in [0.1, 0.15) is 0 Å². The molecule has 3 rings (SSSR count). The minimum Gasteiger partial charge on any atom is -0.325 e. The lowest BCUT2D eigenvalue weighted by atomic mass is 9.75. The number of carbonyl (C=O) groups is 2. The van der Waals surface area contributed by atoms with Crippen molar-refractivity contribution in [2.75, 3.05) is 16.8 Å². The zero-order valence-corrected chi connectivity index (χ0v) is 18.5. The maximum Gasteiger partial charge on any atom is 0.416 e. The van der Waals surface area contributed by atoms with Gasteiger partial charge in [-0.2, -0.15) is 13.2 Å². The number of benzene rings is 2. The first-order valence-corrected chi connectivity index (χ1v) is 10.4. The maximum atomic E-state index is 13.3. The number of para-hydroxylation sites is 1. The molecule has 2 aromatic carbocycles. The van der Waals surface area contributed by atoms with Crippen molar-refractivity contribution in [2.45, 2.75) is 40.3 Å². The molecule has 1 heterocycles. The third kappa shape index (κ3) is 4.15. The molecule has 0 spiro atoms. The van der Waals surface area contributed by atoms with Crippen LogP contribution in [-0.4, -0.2) is 18.4 Å². The fourth-order valence-electron chi connectivity index (χ4n) is 4.32. The van der Waals surface area contributed by atoms with Gasteiger partial charge >= 0.3 is 6.18 Å². The first kappa shape index (κ1) is 23.1. The van der Waals surface area contributed by atoms with Gasteiger partial charge in [0.2, 0.25) is 11.8 Å². The molecule has 0 saturated carbocycles. The highest BCUT2D eigenvalue weighted by Gasteiger charge is 2.54. The summed E-state index contributed by atoms with van der Waals surface area (Å²) in [4.78, 5) is 28.1. The Kier molecular flexibility index (Phi) is 6.11. The molecule has 2 aromatic rings. The topological polar surface area (TPSA) is 49.4 Å². The van der Waals surface area contributed by atoms with Crippen LogP contribution in [0.25, 0.3) is 0 Å². The van der Waals surface area contributed by atoms with Gasteiger partial charge in [-0.3, -0.25) is 9.59 Å². The molecule has 1 saturated heterocycles.